The van der Waals surface area contributed by atoms with Crippen LogP contribution in [0.2, 0.25) is 0 Å². The molecule has 1 N–H and O–H groups in total. The number of amides is 2. The maximum atomic E-state index is 11.5. The Morgan fingerprint density at radius 1 is 1.59 bits per heavy atom. The summed E-state index contributed by atoms with van der Waals surface area (Å²) >= 11 is 0. The summed E-state index contributed by atoms with van der Waals surface area (Å²) in [6.07, 6.45) is 1.97. The highest BCUT2D eigenvalue weighted by Gasteiger charge is 2.28. The molecule has 0 aromatic rings. The first-order chi connectivity index (χ1) is 8.04. The minimum Gasteiger partial charge on any atom is -0.445 e. The van der Waals surface area contributed by atoms with Crippen LogP contribution in [0.5, 0.6) is 0 Å². The first-order valence-electron chi connectivity index (χ1n) is 5.87. The molecule has 96 valence electrons. The summed E-state index contributed by atoms with van der Waals surface area (Å²) in [5.41, 5.74) is 0. The van der Waals surface area contributed by atoms with Gasteiger partial charge >= 0.3 is 6.09 Å². The molecule has 0 bridgehead atoms. The van der Waals surface area contributed by atoms with Gasteiger partial charge in [0.1, 0.15) is 6.61 Å². The van der Waals surface area contributed by atoms with Crippen LogP contribution in [-0.4, -0.2) is 42.6 Å². The van der Waals surface area contributed by atoms with E-state index in [1.54, 1.807) is 4.90 Å². The molecular weight excluding hydrogens is 220 g/mol. The van der Waals surface area contributed by atoms with E-state index in [0.29, 0.717) is 13.1 Å². The van der Waals surface area contributed by atoms with Crippen molar-refractivity contribution in [3.63, 3.8) is 0 Å². The van der Waals surface area contributed by atoms with Crippen molar-refractivity contribution in [2.75, 3.05) is 19.7 Å². The Hall–Kier alpha value is -1.52. The van der Waals surface area contributed by atoms with Gasteiger partial charge in [0.05, 0.1) is 0 Å². The van der Waals surface area contributed by atoms with Crippen LogP contribution in [0.3, 0.4) is 0 Å². The van der Waals surface area contributed by atoms with E-state index < -0.39 is 0 Å². The molecule has 0 aromatic carbocycles. The van der Waals surface area contributed by atoms with E-state index in [2.05, 4.69) is 11.9 Å². The molecule has 5 nitrogen and oxygen atoms in total. The Kier molecular flexibility index (Phi) is 5.00. The largest absolute Gasteiger partial charge is 0.445 e. The maximum absolute atomic E-state index is 11.5. The lowest BCUT2D eigenvalue weighted by Crippen LogP contribution is -2.40. The maximum Gasteiger partial charge on any atom is 0.410 e. The van der Waals surface area contributed by atoms with Crippen molar-refractivity contribution in [1.29, 1.82) is 0 Å². The van der Waals surface area contributed by atoms with Crippen molar-refractivity contribution < 1.29 is 14.3 Å². The summed E-state index contributed by atoms with van der Waals surface area (Å²) in [4.78, 5) is 24.6. The summed E-state index contributed by atoms with van der Waals surface area (Å²) in [6.45, 7) is 8.54. The fraction of sp³-hybridized carbons (Fsp3) is 0.667. The summed E-state index contributed by atoms with van der Waals surface area (Å²) < 4.78 is 4.93. The molecule has 0 aliphatic carbocycles. The van der Waals surface area contributed by atoms with Gasteiger partial charge in [-0.2, -0.15) is 0 Å². The number of nitrogens with zero attached hydrogens (tertiary/aromatic N) is 1. The molecular formula is C12H20N2O3. The van der Waals surface area contributed by atoms with E-state index in [1.165, 1.54) is 6.08 Å². The smallest absolute Gasteiger partial charge is 0.410 e. The molecule has 5 heteroatoms. The Balaban J connectivity index is 2.34. The molecule has 1 fully saturated rings. The van der Waals surface area contributed by atoms with Crippen molar-refractivity contribution in [3.8, 4) is 0 Å². The van der Waals surface area contributed by atoms with E-state index >= 15 is 0 Å². The van der Waals surface area contributed by atoms with Crippen molar-refractivity contribution in [2.45, 2.75) is 26.3 Å². The lowest BCUT2D eigenvalue weighted by Gasteiger charge is -2.17. The van der Waals surface area contributed by atoms with Crippen LogP contribution in [-0.2, 0) is 9.53 Å². The molecule has 1 atom stereocenters. The van der Waals surface area contributed by atoms with E-state index in [-0.39, 0.29) is 30.6 Å². The van der Waals surface area contributed by atoms with E-state index in [1.807, 2.05) is 13.8 Å². The van der Waals surface area contributed by atoms with Gasteiger partial charge in [0.2, 0.25) is 5.91 Å². The van der Waals surface area contributed by atoms with Crippen LogP contribution < -0.4 is 5.32 Å². The summed E-state index contributed by atoms with van der Waals surface area (Å²) in [5.74, 6) is -0.00641. The topological polar surface area (TPSA) is 58.6 Å². The minimum absolute atomic E-state index is 0.0244. The molecule has 0 aromatic heterocycles. The van der Waals surface area contributed by atoms with Gasteiger partial charge < -0.3 is 15.0 Å². The highest BCUT2D eigenvalue weighted by atomic mass is 16.6. The molecule has 1 rings (SSSR count). The Bertz CT molecular complexity index is 302. The van der Waals surface area contributed by atoms with Gasteiger partial charge in [0.25, 0.3) is 0 Å². The van der Waals surface area contributed by atoms with Gasteiger partial charge in [-0.1, -0.05) is 26.5 Å². The number of rotatable bonds is 4. The third-order valence-electron chi connectivity index (χ3n) is 2.64. The van der Waals surface area contributed by atoms with Gasteiger partial charge in [0, 0.05) is 25.0 Å². The van der Waals surface area contributed by atoms with E-state index in [9.17, 15) is 9.59 Å². The highest BCUT2D eigenvalue weighted by molar-refractivity contribution is 5.78. The number of hydrogen-bond donors (Lipinski definition) is 1. The Morgan fingerprint density at radius 3 is 2.88 bits per heavy atom. The third-order valence-corrected chi connectivity index (χ3v) is 2.64. The van der Waals surface area contributed by atoms with Gasteiger partial charge in [-0.15, -0.1) is 0 Å². The normalized spacial score (nSPS) is 19.2. The standard InChI is InChI=1S/C12H20N2O3/c1-4-7-17-12(16)14-6-5-10(8-14)13-11(15)9(2)3/h4,9-10H,1,5-8H2,2-3H3,(H,13,15). The zero-order valence-electron chi connectivity index (χ0n) is 10.4. The van der Waals surface area contributed by atoms with Crippen molar-refractivity contribution in [2.24, 2.45) is 5.92 Å². The van der Waals surface area contributed by atoms with Crippen molar-refractivity contribution in [3.05, 3.63) is 12.7 Å². The van der Waals surface area contributed by atoms with Gasteiger partial charge in [0.15, 0.2) is 0 Å². The van der Waals surface area contributed by atoms with Crippen molar-refractivity contribution >= 4 is 12.0 Å². The average molecular weight is 240 g/mol. The number of likely N-dealkylation sites (tertiary alicyclic amines) is 1. The summed E-state index contributed by atoms with van der Waals surface area (Å²) in [6, 6.07) is 0.0428. The molecule has 1 heterocycles. The first-order valence-corrected chi connectivity index (χ1v) is 5.87. The second kappa shape index (κ2) is 6.27. The Labute approximate surface area is 102 Å². The molecule has 1 aliphatic rings. The lowest BCUT2D eigenvalue weighted by molar-refractivity contribution is -0.124. The van der Waals surface area contributed by atoms with Crippen molar-refractivity contribution in [1.82, 2.24) is 10.2 Å². The van der Waals surface area contributed by atoms with Crippen LogP contribution in [0.15, 0.2) is 12.7 Å². The van der Waals surface area contributed by atoms with Gasteiger partial charge in [-0.05, 0) is 6.42 Å². The Morgan fingerprint density at radius 2 is 2.29 bits per heavy atom. The van der Waals surface area contributed by atoms with Crippen LogP contribution >= 0.6 is 0 Å². The number of carbonyl (C=O) groups excluding carboxylic acids is 2. The van der Waals surface area contributed by atoms with E-state index in [4.69, 9.17) is 4.74 Å². The van der Waals surface area contributed by atoms with Crippen LogP contribution in [0, 0.1) is 5.92 Å². The predicted octanol–water partition coefficient (Wildman–Crippen LogP) is 1.16. The summed E-state index contributed by atoms with van der Waals surface area (Å²) in [5, 5.41) is 2.91. The van der Waals surface area contributed by atoms with Crippen LogP contribution in [0.1, 0.15) is 20.3 Å². The SMILES string of the molecule is C=CCOC(=O)N1CCC(NC(=O)C(C)C)C1. The molecule has 0 spiro atoms. The zero-order valence-corrected chi connectivity index (χ0v) is 10.4. The fourth-order valence-electron chi connectivity index (χ4n) is 1.63. The highest BCUT2D eigenvalue weighted by Crippen LogP contribution is 2.11. The van der Waals surface area contributed by atoms with Gasteiger partial charge in [-0.3, -0.25) is 4.79 Å². The molecule has 0 radical (unpaired) electrons. The minimum atomic E-state index is -0.341. The fourth-order valence-corrected chi connectivity index (χ4v) is 1.63. The second-order valence-corrected chi connectivity index (χ2v) is 4.46. The molecule has 17 heavy (non-hydrogen) atoms. The van der Waals surface area contributed by atoms with Crippen LogP contribution in [0.25, 0.3) is 0 Å². The number of hydrogen-bond acceptors (Lipinski definition) is 3. The monoisotopic (exact) mass is 240 g/mol. The lowest BCUT2D eigenvalue weighted by atomic mass is 10.2. The number of nitrogens with one attached hydrogen (secondary N) is 1. The zero-order chi connectivity index (χ0) is 12.8. The quantitative estimate of drug-likeness (QED) is 0.750. The summed E-state index contributed by atoms with van der Waals surface area (Å²) in [7, 11) is 0. The predicted molar refractivity (Wildman–Crippen MR) is 64.5 cm³/mol. The van der Waals surface area contributed by atoms with Gasteiger partial charge in [-0.25, -0.2) is 4.79 Å². The second-order valence-electron chi connectivity index (χ2n) is 4.46. The number of carbonyl (C=O) groups is 2. The third kappa shape index (κ3) is 4.09. The molecule has 1 aliphatic heterocycles. The molecule has 0 saturated carbocycles. The van der Waals surface area contributed by atoms with Crippen LogP contribution in [0.4, 0.5) is 4.79 Å². The molecule has 1 unspecified atom stereocenters. The first kappa shape index (κ1) is 13.5. The average Bonchev–Trinajstić information content (AvgIpc) is 2.74. The van der Waals surface area contributed by atoms with E-state index in [0.717, 1.165) is 6.42 Å². The molecule has 1 saturated heterocycles. The number of ether oxygens (including phenoxy) is 1. The molecule has 2 amide bonds.